The fourth-order valence-corrected chi connectivity index (χ4v) is 2.74. The molecule has 20 heavy (non-hydrogen) atoms. The number of hydrogen-bond donors (Lipinski definition) is 1. The van der Waals surface area contributed by atoms with Gasteiger partial charge in [0.25, 0.3) is 0 Å². The molecule has 1 aromatic carbocycles. The lowest BCUT2D eigenvalue weighted by atomic mass is 10.1. The molecule has 0 aliphatic heterocycles. The number of hydrogen-bond acceptors (Lipinski definition) is 3. The molecule has 0 atom stereocenters. The molecule has 0 radical (unpaired) electrons. The van der Waals surface area contributed by atoms with Crippen LogP contribution in [0.4, 0.5) is 5.69 Å². The molecule has 2 rings (SSSR count). The molecular weight excluding hydrogens is 272 g/mol. The molecule has 2 aromatic rings. The van der Waals surface area contributed by atoms with Crippen molar-refractivity contribution in [2.24, 2.45) is 0 Å². The molecule has 1 amide bonds. The van der Waals surface area contributed by atoms with Crippen LogP contribution in [0.25, 0.3) is 0 Å². The van der Waals surface area contributed by atoms with Crippen LogP contribution in [-0.4, -0.2) is 10.5 Å². The zero-order chi connectivity index (χ0) is 14.5. The van der Waals surface area contributed by atoms with E-state index in [-0.39, 0.29) is 10.8 Å². The lowest BCUT2D eigenvalue weighted by Crippen LogP contribution is -2.20. The molecular formula is C15H18N2O2S. The number of thiazole rings is 1. The Hall–Kier alpha value is -1.88. The van der Waals surface area contributed by atoms with Crippen LogP contribution in [0.1, 0.15) is 24.6 Å². The third-order valence-electron chi connectivity index (χ3n) is 3.16. The predicted molar refractivity (Wildman–Crippen MR) is 82.4 cm³/mol. The largest absolute Gasteiger partial charge is 0.326 e. The van der Waals surface area contributed by atoms with Crippen LogP contribution in [0.5, 0.6) is 0 Å². The first-order chi connectivity index (χ1) is 9.60. The zero-order valence-corrected chi connectivity index (χ0v) is 12.5. The topological polar surface area (TPSA) is 51.1 Å². The Bertz CT molecular complexity index is 658. The minimum atomic E-state index is -0.0734. The molecule has 0 saturated heterocycles. The number of aryl methyl sites for hydroxylation is 2. The summed E-state index contributed by atoms with van der Waals surface area (Å²) in [6.07, 6.45) is 1.24. The molecule has 1 N–H and O–H groups in total. The highest BCUT2D eigenvalue weighted by molar-refractivity contribution is 7.07. The highest BCUT2D eigenvalue weighted by Crippen LogP contribution is 2.11. The summed E-state index contributed by atoms with van der Waals surface area (Å²) in [6, 6.07) is 7.81. The number of benzene rings is 1. The molecule has 1 aromatic heterocycles. The van der Waals surface area contributed by atoms with Crippen LogP contribution >= 0.6 is 11.3 Å². The number of carbonyl (C=O) groups is 1. The van der Waals surface area contributed by atoms with Gasteiger partial charge in [0, 0.05) is 29.7 Å². The van der Waals surface area contributed by atoms with Gasteiger partial charge in [-0.1, -0.05) is 30.4 Å². The fraction of sp³-hybridized carbons (Fsp3) is 0.333. The Morgan fingerprint density at radius 2 is 2.20 bits per heavy atom. The maximum absolute atomic E-state index is 11.9. The second-order valence-corrected chi connectivity index (χ2v) is 5.47. The van der Waals surface area contributed by atoms with E-state index in [1.165, 1.54) is 16.9 Å². The Morgan fingerprint density at radius 1 is 1.40 bits per heavy atom. The molecule has 0 aliphatic rings. The average molecular weight is 290 g/mol. The molecule has 1 heterocycles. The van der Waals surface area contributed by atoms with Crippen LogP contribution in [0.3, 0.4) is 0 Å². The lowest BCUT2D eigenvalue weighted by Gasteiger charge is -2.07. The van der Waals surface area contributed by atoms with Crippen molar-refractivity contribution in [2.75, 3.05) is 5.32 Å². The van der Waals surface area contributed by atoms with E-state index in [2.05, 4.69) is 12.2 Å². The summed E-state index contributed by atoms with van der Waals surface area (Å²) >= 11 is 1.17. The van der Waals surface area contributed by atoms with Crippen LogP contribution in [0, 0.1) is 6.92 Å². The first-order valence-electron chi connectivity index (χ1n) is 6.64. The monoisotopic (exact) mass is 290 g/mol. The minimum Gasteiger partial charge on any atom is -0.326 e. The van der Waals surface area contributed by atoms with Crippen LogP contribution < -0.4 is 10.2 Å². The molecule has 4 nitrogen and oxygen atoms in total. The highest BCUT2D eigenvalue weighted by atomic mass is 32.1. The Labute approximate surface area is 122 Å². The van der Waals surface area contributed by atoms with Gasteiger partial charge in [-0.15, -0.1) is 0 Å². The van der Waals surface area contributed by atoms with Crippen molar-refractivity contribution in [1.29, 1.82) is 0 Å². The summed E-state index contributed by atoms with van der Waals surface area (Å²) < 4.78 is 1.63. The summed E-state index contributed by atoms with van der Waals surface area (Å²) in [4.78, 5) is 23.4. The molecule has 0 saturated carbocycles. The minimum absolute atomic E-state index is 0.0109. The SMILES string of the molecule is CCc1cccc(NC(=O)CCn2c(C)csc2=O)c1. The maximum Gasteiger partial charge on any atom is 0.307 e. The number of aromatic nitrogens is 1. The standard InChI is InChI=1S/C15H18N2O2S/c1-3-12-5-4-6-13(9-12)16-14(18)7-8-17-11(2)10-20-15(17)19/h4-6,9-10H,3,7-8H2,1-2H3,(H,16,18). The van der Waals surface area contributed by atoms with Gasteiger partial charge in [-0.2, -0.15) is 0 Å². The van der Waals surface area contributed by atoms with E-state index >= 15 is 0 Å². The van der Waals surface area contributed by atoms with Crippen molar-refractivity contribution in [2.45, 2.75) is 33.2 Å². The Balaban J connectivity index is 1.94. The van der Waals surface area contributed by atoms with E-state index < -0.39 is 0 Å². The van der Waals surface area contributed by atoms with Crippen molar-refractivity contribution < 1.29 is 4.79 Å². The summed E-state index contributed by atoms with van der Waals surface area (Å²) in [5, 5.41) is 4.68. The quantitative estimate of drug-likeness (QED) is 0.920. The lowest BCUT2D eigenvalue weighted by molar-refractivity contribution is -0.116. The summed E-state index contributed by atoms with van der Waals surface area (Å²) in [6.45, 7) is 4.38. The second kappa shape index (κ2) is 6.52. The van der Waals surface area contributed by atoms with Gasteiger partial charge in [-0.05, 0) is 31.0 Å². The fourth-order valence-electron chi connectivity index (χ4n) is 1.98. The number of rotatable bonds is 5. The molecule has 0 aliphatic carbocycles. The second-order valence-electron chi connectivity index (χ2n) is 4.65. The number of carbonyl (C=O) groups excluding carboxylic acids is 1. The Morgan fingerprint density at radius 3 is 2.85 bits per heavy atom. The van der Waals surface area contributed by atoms with Gasteiger partial charge in [0.1, 0.15) is 0 Å². The van der Waals surface area contributed by atoms with E-state index in [1.807, 2.05) is 36.6 Å². The third-order valence-corrected chi connectivity index (χ3v) is 4.04. The predicted octanol–water partition coefficient (Wildman–Crippen LogP) is 2.81. The molecule has 5 heteroatoms. The van der Waals surface area contributed by atoms with Crippen LogP contribution in [0.15, 0.2) is 34.4 Å². The molecule has 0 bridgehead atoms. The van der Waals surface area contributed by atoms with Crippen molar-refractivity contribution in [3.05, 3.63) is 50.6 Å². The van der Waals surface area contributed by atoms with Crippen molar-refractivity contribution in [1.82, 2.24) is 4.57 Å². The smallest absolute Gasteiger partial charge is 0.307 e. The number of nitrogens with one attached hydrogen (secondary N) is 1. The van der Waals surface area contributed by atoms with Crippen molar-refractivity contribution >= 4 is 22.9 Å². The van der Waals surface area contributed by atoms with E-state index in [4.69, 9.17) is 0 Å². The molecule has 0 fully saturated rings. The normalized spacial score (nSPS) is 10.5. The van der Waals surface area contributed by atoms with Gasteiger partial charge in [0.15, 0.2) is 0 Å². The van der Waals surface area contributed by atoms with E-state index in [1.54, 1.807) is 4.57 Å². The average Bonchev–Trinajstić information content (AvgIpc) is 2.76. The first kappa shape index (κ1) is 14.5. The van der Waals surface area contributed by atoms with Gasteiger partial charge in [0.2, 0.25) is 5.91 Å². The number of nitrogens with zero attached hydrogens (tertiary/aromatic N) is 1. The Kier molecular flexibility index (Phi) is 4.74. The maximum atomic E-state index is 11.9. The summed E-state index contributed by atoms with van der Waals surface area (Å²) in [5.74, 6) is -0.0734. The molecule has 106 valence electrons. The number of amides is 1. The van der Waals surface area contributed by atoms with Crippen molar-refractivity contribution in [3.63, 3.8) is 0 Å². The van der Waals surface area contributed by atoms with Crippen molar-refractivity contribution in [3.8, 4) is 0 Å². The van der Waals surface area contributed by atoms with Crippen LogP contribution in [0.2, 0.25) is 0 Å². The van der Waals surface area contributed by atoms with Gasteiger partial charge in [0.05, 0.1) is 0 Å². The summed E-state index contributed by atoms with van der Waals surface area (Å²) in [5.41, 5.74) is 2.90. The van der Waals surface area contributed by atoms with E-state index in [0.717, 1.165) is 17.8 Å². The number of anilines is 1. The highest BCUT2D eigenvalue weighted by Gasteiger charge is 2.07. The van der Waals surface area contributed by atoms with Gasteiger partial charge in [-0.25, -0.2) is 0 Å². The first-order valence-corrected chi connectivity index (χ1v) is 7.52. The zero-order valence-electron chi connectivity index (χ0n) is 11.7. The van der Waals surface area contributed by atoms with Gasteiger partial charge >= 0.3 is 4.87 Å². The summed E-state index contributed by atoms with van der Waals surface area (Å²) in [7, 11) is 0. The molecule has 0 spiro atoms. The van der Waals surface area contributed by atoms with Gasteiger partial charge < -0.3 is 9.88 Å². The van der Waals surface area contributed by atoms with E-state index in [0.29, 0.717) is 13.0 Å². The van der Waals surface area contributed by atoms with E-state index in [9.17, 15) is 9.59 Å². The third kappa shape index (κ3) is 3.57. The van der Waals surface area contributed by atoms with Gasteiger partial charge in [-0.3, -0.25) is 9.59 Å². The van der Waals surface area contributed by atoms with Crippen LogP contribution in [-0.2, 0) is 17.8 Å². The molecule has 0 unspecified atom stereocenters.